The van der Waals surface area contributed by atoms with E-state index in [-0.39, 0.29) is 17.5 Å². The molecular formula is C25H22F3N5O. The Balaban J connectivity index is 1.36. The van der Waals surface area contributed by atoms with Crippen LogP contribution in [-0.4, -0.2) is 33.2 Å². The van der Waals surface area contributed by atoms with Gasteiger partial charge in [0.15, 0.2) is 0 Å². The summed E-state index contributed by atoms with van der Waals surface area (Å²) in [6.45, 7) is 3.17. The Bertz CT molecular complexity index is 1250. The normalized spacial score (nSPS) is 14.4. The van der Waals surface area contributed by atoms with Crippen LogP contribution in [0.25, 0.3) is 22.6 Å². The molecule has 0 radical (unpaired) electrons. The monoisotopic (exact) mass is 465 g/mol. The maximum absolute atomic E-state index is 13.5. The fourth-order valence-corrected chi connectivity index (χ4v) is 4.02. The van der Waals surface area contributed by atoms with Gasteiger partial charge in [-0.25, -0.2) is 0 Å². The largest absolute Gasteiger partial charge is 0.416 e. The standard InChI is InChI=1S/C25H22F3N5O/c26-25(27,28)21-13-19(18-4-3-9-29-15-18)12-20(14-21)23-31-32-24(34-23)30-22-7-5-17(6-8-22)16-33-10-1-2-11-33/h3-9,12-15H,1-2,10-11,16H2,(H,30,32). The first kappa shape index (κ1) is 22.1. The fraction of sp³-hybridized carbons (Fsp3) is 0.240. The predicted octanol–water partition coefficient (Wildman–Crippen LogP) is 6.16. The zero-order valence-electron chi connectivity index (χ0n) is 18.2. The van der Waals surface area contributed by atoms with E-state index in [1.54, 1.807) is 24.4 Å². The Morgan fingerprint density at radius 1 is 0.912 bits per heavy atom. The number of nitrogens with zero attached hydrogens (tertiary/aromatic N) is 4. The van der Waals surface area contributed by atoms with Gasteiger partial charge >= 0.3 is 12.2 Å². The Morgan fingerprint density at radius 3 is 2.38 bits per heavy atom. The van der Waals surface area contributed by atoms with Crippen LogP contribution < -0.4 is 5.32 Å². The van der Waals surface area contributed by atoms with Crippen molar-refractivity contribution < 1.29 is 17.6 Å². The molecule has 3 heterocycles. The van der Waals surface area contributed by atoms with E-state index >= 15 is 0 Å². The van der Waals surface area contributed by atoms with Gasteiger partial charge in [0.1, 0.15) is 0 Å². The summed E-state index contributed by atoms with van der Waals surface area (Å²) in [7, 11) is 0. The highest BCUT2D eigenvalue weighted by molar-refractivity contribution is 5.71. The van der Waals surface area contributed by atoms with Gasteiger partial charge in [0, 0.05) is 35.8 Å². The number of nitrogens with one attached hydrogen (secondary N) is 1. The highest BCUT2D eigenvalue weighted by Crippen LogP contribution is 2.36. The third-order valence-corrected chi connectivity index (χ3v) is 5.74. The number of hydrogen-bond donors (Lipinski definition) is 1. The van der Waals surface area contributed by atoms with Gasteiger partial charge in [-0.3, -0.25) is 9.88 Å². The smallest absolute Gasteiger partial charge is 0.403 e. The fourth-order valence-electron chi connectivity index (χ4n) is 4.02. The van der Waals surface area contributed by atoms with Crippen molar-refractivity contribution in [2.75, 3.05) is 18.4 Å². The van der Waals surface area contributed by atoms with E-state index in [1.807, 2.05) is 24.3 Å². The van der Waals surface area contributed by atoms with Crippen molar-refractivity contribution in [2.24, 2.45) is 0 Å². The van der Waals surface area contributed by atoms with Gasteiger partial charge in [-0.1, -0.05) is 23.3 Å². The van der Waals surface area contributed by atoms with E-state index in [1.165, 1.54) is 24.6 Å². The lowest BCUT2D eigenvalue weighted by molar-refractivity contribution is -0.137. The van der Waals surface area contributed by atoms with Crippen LogP contribution in [0.1, 0.15) is 24.0 Å². The Hall–Kier alpha value is -3.72. The summed E-state index contributed by atoms with van der Waals surface area (Å²) in [5.74, 6) is -0.00982. The number of pyridine rings is 1. The van der Waals surface area contributed by atoms with E-state index < -0.39 is 11.7 Å². The zero-order chi connectivity index (χ0) is 23.5. The van der Waals surface area contributed by atoms with Gasteiger partial charge < -0.3 is 9.73 Å². The number of aromatic nitrogens is 3. The predicted molar refractivity (Wildman–Crippen MR) is 122 cm³/mol. The molecule has 0 spiro atoms. The highest BCUT2D eigenvalue weighted by atomic mass is 19.4. The average molecular weight is 465 g/mol. The summed E-state index contributed by atoms with van der Waals surface area (Å²) in [5.41, 5.74) is 2.26. The Labute approximate surface area is 194 Å². The average Bonchev–Trinajstić information content (AvgIpc) is 3.52. The number of alkyl halides is 3. The second-order valence-electron chi connectivity index (χ2n) is 8.26. The second-order valence-corrected chi connectivity index (χ2v) is 8.26. The molecule has 2 aromatic heterocycles. The highest BCUT2D eigenvalue weighted by Gasteiger charge is 2.32. The first-order valence-electron chi connectivity index (χ1n) is 11.0. The maximum Gasteiger partial charge on any atom is 0.416 e. The van der Waals surface area contributed by atoms with E-state index in [9.17, 15) is 13.2 Å². The van der Waals surface area contributed by atoms with Crippen molar-refractivity contribution in [1.82, 2.24) is 20.1 Å². The molecule has 0 saturated carbocycles. The molecule has 34 heavy (non-hydrogen) atoms. The van der Waals surface area contributed by atoms with Crippen LogP contribution in [0.2, 0.25) is 0 Å². The van der Waals surface area contributed by atoms with Gasteiger partial charge in [0.25, 0.3) is 0 Å². The number of benzene rings is 2. The van der Waals surface area contributed by atoms with Gasteiger partial charge in [-0.05, 0) is 73.5 Å². The third kappa shape index (κ3) is 5.09. The molecule has 0 amide bonds. The van der Waals surface area contributed by atoms with E-state index in [2.05, 4.69) is 25.4 Å². The molecule has 2 aromatic carbocycles. The Kier molecular flexibility index (Phi) is 6.02. The molecule has 1 N–H and O–H groups in total. The summed E-state index contributed by atoms with van der Waals surface area (Å²) in [6, 6.07) is 15.0. The molecule has 0 bridgehead atoms. The lowest BCUT2D eigenvalue weighted by Crippen LogP contribution is -2.18. The molecule has 4 aromatic rings. The topological polar surface area (TPSA) is 67.1 Å². The van der Waals surface area contributed by atoms with E-state index in [0.717, 1.165) is 37.5 Å². The molecule has 9 heteroatoms. The summed E-state index contributed by atoms with van der Waals surface area (Å²) < 4.78 is 46.3. The van der Waals surface area contributed by atoms with E-state index in [4.69, 9.17) is 4.42 Å². The molecule has 174 valence electrons. The summed E-state index contributed by atoms with van der Waals surface area (Å²) in [5, 5.41) is 10.9. The lowest BCUT2D eigenvalue weighted by Gasteiger charge is -2.14. The Morgan fingerprint density at radius 2 is 1.68 bits per heavy atom. The van der Waals surface area contributed by atoms with Crippen molar-refractivity contribution >= 4 is 11.7 Å². The van der Waals surface area contributed by atoms with Crippen molar-refractivity contribution in [3.63, 3.8) is 0 Å². The van der Waals surface area contributed by atoms with Gasteiger partial charge in [0.05, 0.1) is 5.56 Å². The zero-order valence-corrected chi connectivity index (χ0v) is 18.2. The van der Waals surface area contributed by atoms with Crippen molar-refractivity contribution in [1.29, 1.82) is 0 Å². The lowest BCUT2D eigenvalue weighted by atomic mass is 10.0. The molecule has 6 nitrogen and oxygen atoms in total. The van der Waals surface area contributed by atoms with Crippen LogP contribution in [0.5, 0.6) is 0 Å². The third-order valence-electron chi connectivity index (χ3n) is 5.74. The molecule has 1 aliphatic rings. The quantitative estimate of drug-likeness (QED) is 0.368. The number of halogens is 3. The maximum atomic E-state index is 13.5. The van der Waals surface area contributed by atoms with Crippen LogP contribution in [0.4, 0.5) is 24.9 Å². The van der Waals surface area contributed by atoms with Crippen LogP contribution in [0.3, 0.4) is 0 Å². The van der Waals surface area contributed by atoms with E-state index in [0.29, 0.717) is 11.1 Å². The molecule has 0 unspecified atom stereocenters. The van der Waals surface area contributed by atoms with Crippen LogP contribution in [-0.2, 0) is 12.7 Å². The minimum absolute atomic E-state index is 0.00982. The number of anilines is 2. The second kappa shape index (κ2) is 9.26. The molecule has 1 fully saturated rings. The minimum Gasteiger partial charge on any atom is -0.403 e. The molecule has 0 atom stereocenters. The first-order valence-corrected chi connectivity index (χ1v) is 11.0. The molecule has 1 aliphatic heterocycles. The SMILES string of the molecule is FC(F)(F)c1cc(-c2cccnc2)cc(-c2nnc(Nc3ccc(CN4CCCC4)cc3)o2)c1. The number of hydrogen-bond acceptors (Lipinski definition) is 6. The number of likely N-dealkylation sites (tertiary alicyclic amines) is 1. The van der Waals surface area contributed by atoms with Crippen LogP contribution in [0, 0.1) is 0 Å². The van der Waals surface area contributed by atoms with Crippen LogP contribution in [0.15, 0.2) is 71.4 Å². The summed E-state index contributed by atoms with van der Waals surface area (Å²) in [4.78, 5) is 6.41. The molecule has 1 saturated heterocycles. The number of rotatable bonds is 6. The van der Waals surface area contributed by atoms with Crippen LogP contribution >= 0.6 is 0 Å². The molecule has 0 aliphatic carbocycles. The van der Waals surface area contributed by atoms with Crippen molar-refractivity contribution in [3.8, 4) is 22.6 Å². The summed E-state index contributed by atoms with van der Waals surface area (Å²) in [6.07, 6.45) is 1.04. The molecule has 5 rings (SSSR count). The van der Waals surface area contributed by atoms with Crippen molar-refractivity contribution in [3.05, 3.63) is 78.1 Å². The summed E-state index contributed by atoms with van der Waals surface area (Å²) >= 11 is 0. The van der Waals surface area contributed by atoms with Crippen molar-refractivity contribution in [2.45, 2.75) is 25.6 Å². The molecular weight excluding hydrogens is 443 g/mol. The van der Waals surface area contributed by atoms with Gasteiger partial charge in [-0.2, -0.15) is 13.2 Å². The van der Waals surface area contributed by atoms with Gasteiger partial charge in [-0.15, -0.1) is 5.10 Å². The minimum atomic E-state index is -4.52. The first-order chi connectivity index (χ1) is 16.4. The van der Waals surface area contributed by atoms with Gasteiger partial charge in [0.2, 0.25) is 5.89 Å².